The Hall–Kier alpha value is -2.69. The van der Waals surface area contributed by atoms with Gasteiger partial charge in [0, 0.05) is 23.2 Å². The number of amides is 1. The van der Waals surface area contributed by atoms with E-state index < -0.39 is 0 Å². The molecular weight excluding hydrogens is 290 g/mol. The number of allylic oxidation sites excluding steroid dienone is 2. The van der Waals surface area contributed by atoms with Crippen molar-refractivity contribution in [2.45, 2.75) is 12.8 Å². The average molecular weight is 307 g/mol. The Kier molecular flexibility index (Phi) is 3.33. The van der Waals surface area contributed by atoms with Crippen LogP contribution in [0.25, 0.3) is 11.3 Å². The molecule has 2 aliphatic rings. The second-order valence-electron chi connectivity index (χ2n) is 6.26. The summed E-state index contributed by atoms with van der Waals surface area (Å²) < 4.78 is 0. The van der Waals surface area contributed by atoms with Gasteiger partial charge in [-0.2, -0.15) is 5.10 Å². The van der Waals surface area contributed by atoms with Crippen LogP contribution in [0.2, 0.25) is 0 Å². The Bertz CT molecular complexity index is 820. The third-order valence-corrected chi connectivity index (χ3v) is 4.72. The van der Waals surface area contributed by atoms with Crippen LogP contribution in [-0.2, 0) is 4.79 Å². The molecular formula is C18H17N3O2. The quantitative estimate of drug-likeness (QED) is 0.856. The first-order valence-electron chi connectivity index (χ1n) is 7.84. The number of nitrogens with zero attached hydrogens (tertiary/aromatic N) is 1. The molecule has 1 aromatic carbocycles. The van der Waals surface area contributed by atoms with Crippen molar-refractivity contribution in [3.05, 3.63) is 58.9 Å². The largest absolute Gasteiger partial charge is 0.326 e. The van der Waals surface area contributed by atoms with Gasteiger partial charge in [-0.1, -0.05) is 24.3 Å². The van der Waals surface area contributed by atoms with Gasteiger partial charge in [0.15, 0.2) is 0 Å². The zero-order valence-electron chi connectivity index (χ0n) is 12.5. The van der Waals surface area contributed by atoms with Gasteiger partial charge in [-0.15, -0.1) is 0 Å². The van der Waals surface area contributed by atoms with Crippen LogP contribution in [0.5, 0.6) is 0 Å². The van der Waals surface area contributed by atoms with E-state index in [0.29, 0.717) is 17.5 Å². The maximum Gasteiger partial charge on any atom is 0.264 e. The van der Waals surface area contributed by atoms with Gasteiger partial charge in [0.2, 0.25) is 5.91 Å². The number of aromatic amines is 1. The molecule has 1 heterocycles. The molecule has 116 valence electrons. The predicted octanol–water partition coefficient (Wildman–Crippen LogP) is 2.59. The van der Waals surface area contributed by atoms with Crippen LogP contribution in [0.3, 0.4) is 0 Å². The van der Waals surface area contributed by atoms with Crippen molar-refractivity contribution < 1.29 is 4.79 Å². The number of H-pyrrole nitrogens is 1. The highest BCUT2D eigenvalue weighted by Crippen LogP contribution is 2.43. The number of benzene rings is 1. The number of hydrogen-bond acceptors (Lipinski definition) is 3. The number of aromatic nitrogens is 2. The van der Waals surface area contributed by atoms with Crippen molar-refractivity contribution >= 4 is 11.6 Å². The lowest BCUT2D eigenvalue weighted by Crippen LogP contribution is -2.25. The molecule has 2 aliphatic carbocycles. The van der Waals surface area contributed by atoms with E-state index in [1.807, 2.05) is 24.3 Å². The molecule has 5 nitrogen and oxygen atoms in total. The third kappa shape index (κ3) is 2.70. The molecule has 0 radical (unpaired) electrons. The van der Waals surface area contributed by atoms with Gasteiger partial charge in [0.05, 0.1) is 5.69 Å². The molecule has 3 atom stereocenters. The van der Waals surface area contributed by atoms with Crippen LogP contribution in [0.15, 0.2) is 53.3 Å². The molecule has 1 amide bonds. The number of carbonyl (C=O) groups is 1. The first-order valence-corrected chi connectivity index (χ1v) is 7.84. The van der Waals surface area contributed by atoms with E-state index in [1.54, 1.807) is 6.07 Å². The van der Waals surface area contributed by atoms with Crippen LogP contribution in [-0.4, -0.2) is 16.1 Å². The Morgan fingerprint density at radius 3 is 2.78 bits per heavy atom. The molecule has 4 rings (SSSR count). The van der Waals surface area contributed by atoms with Crippen LogP contribution in [0.4, 0.5) is 5.69 Å². The summed E-state index contributed by atoms with van der Waals surface area (Å²) >= 11 is 0. The number of fused-ring (bicyclic) bond motifs is 2. The van der Waals surface area contributed by atoms with Crippen LogP contribution in [0.1, 0.15) is 12.8 Å². The Morgan fingerprint density at radius 1 is 1.17 bits per heavy atom. The van der Waals surface area contributed by atoms with E-state index in [0.717, 1.165) is 24.1 Å². The van der Waals surface area contributed by atoms with Crippen LogP contribution >= 0.6 is 0 Å². The van der Waals surface area contributed by atoms with Gasteiger partial charge < -0.3 is 5.32 Å². The third-order valence-electron chi connectivity index (χ3n) is 4.72. The molecule has 1 saturated carbocycles. The topological polar surface area (TPSA) is 74.8 Å². The smallest absolute Gasteiger partial charge is 0.264 e. The average Bonchev–Trinajstić information content (AvgIpc) is 3.19. The van der Waals surface area contributed by atoms with Gasteiger partial charge in [0.1, 0.15) is 0 Å². The zero-order valence-corrected chi connectivity index (χ0v) is 12.5. The fourth-order valence-electron chi connectivity index (χ4n) is 3.58. The Labute approximate surface area is 133 Å². The fourth-order valence-corrected chi connectivity index (χ4v) is 3.58. The first-order chi connectivity index (χ1) is 11.2. The molecule has 2 aromatic rings. The number of hydrogen-bond donors (Lipinski definition) is 2. The van der Waals surface area contributed by atoms with Gasteiger partial charge >= 0.3 is 0 Å². The minimum atomic E-state index is -0.234. The summed E-state index contributed by atoms with van der Waals surface area (Å²) in [4.78, 5) is 23.6. The first kappa shape index (κ1) is 13.9. The normalized spacial score (nSPS) is 24.8. The maximum absolute atomic E-state index is 12.5. The summed E-state index contributed by atoms with van der Waals surface area (Å²) in [6, 6.07) is 10.6. The van der Waals surface area contributed by atoms with Crippen molar-refractivity contribution in [3.63, 3.8) is 0 Å². The molecule has 23 heavy (non-hydrogen) atoms. The second-order valence-corrected chi connectivity index (χ2v) is 6.26. The standard InChI is InChI=1S/C18H17N3O2/c22-17-7-6-16(20-21-17)13-2-1-3-14(10-13)19-18(23)15-9-11-4-5-12(15)8-11/h1-7,10-12,15H,8-9H2,(H,19,23)(H,21,22)/t11-,12-,15+/m0/s1. The summed E-state index contributed by atoms with van der Waals surface area (Å²) in [5.74, 6) is 1.14. The number of nitrogens with one attached hydrogen (secondary N) is 2. The number of anilines is 1. The van der Waals surface area contributed by atoms with Gasteiger partial charge in [-0.05, 0) is 42.9 Å². The van der Waals surface area contributed by atoms with Crippen LogP contribution < -0.4 is 10.9 Å². The van der Waals surface area contributed by atoms with Crippen molar-refractivity contribution in [2.24, 2.45) is 17.8 Å². The molecule has 0 aliphatic heterocycles. The van der Waals surface area contributed by atoms with E-state index in [4.69, 9.17) is 0 Å². The van der Waals surface area contributed by atoms with E-state index in [2.05, 4.69) is 27.7 Å². The maximum atomic E-state index is 12.5. The molecule has 1 aromatic heterocycles. The Balaban J connectivity index is 1.52. The van der Waals surface area contributed by atoms with Crippen molar-refractivity contribution in [1.29, 1.82) is 0 Å². The number of carbonyl (C=O) groups excluding carboxylic acids is 1. The summed E-state index contributed by atoms with van der Waals surface area (Å²) in [5, 5.41) is 9.46. The van der Waals surface area contributed by atoms with E-state index in [-0.39, 0.29) is 17.4 Å². The minimum absolute atomic E-state index is 0.0832. The lowest BCUT2D eigenvalue weighted by atomic mass is 9.93. The summed E-state index contributed by atoms with van der Waals surface area (Å²) in [6.45, 7) is 0. The van der Waals surface area contributed by atoms with E-state index >= 15 is 0 Å². The summed E-state index contributed by atoms with van der Waals surface area (Å²) in [7, 11) is 0. The number of rotatable bonds is 3. The van der Waals surface area contributed by atoms with E-state index in [9.17, 15) is 9.59 Å². The summed E-state index contributed by atoms with van der Waals surface area (Å²) in [5.41, 5.74) is 2.05. The highest BCUT2D eigenvalue weighted by atomic mass is 16.2. The van der Waals surface area contributed by atoms with Crippen molar-refractivity contribution in [3.8, 4) is 11.3 Å². The molecule has 0 saturated heterocycles. The Morgan fingerprint density at radius 2 is 2.09 bits per heavy atom. The predicted molar refractivity (Wildman–Crippen MR) is 87.8 cm³/mol. The summed E-state index contributed by atoms with van der Waals surface area (Å²) in [6.07, 6.45) is 6.48. The van der Waals surface area contributed by atoms with E-state index in [1.165, 1.54) is 6.07 Å². The monoisotopic (exact) mass is 307 g/mol. The molecule has 1 fully saturated rings. The molecule has 0 unspecified atom stereocenters. The SMILES string of the molecule is O=C(Nc1cccc(-c2ccc(=O)[nH]n2)c1)[C@@H]1C[C@H]2C=C[C@H]1C2. The van der Waals surface area contributed by atoms with Crippen molar-refractivity contribution in [1.82, 2.24) is 10.2 Å². The highest BCUT2D eigenvalue weighted by Gasteiger charge is 2.39. The lowest BCUT2D eigenvalue weighted by molar-refractivity contribution is -0.120. The van der Waals surface area contributed by atoms with Gasteiger partial charge in [-0.3, -0.25) is 9.59 Å². The molecule has 0 spiro atoms. The molecule has 2 N–H and O–H groups in total. The van der Waals surface area contributed by atoms with Crippen LogP contribution in [0, 0.1) is 17.8 Å². The molecule has 2 bridgehead atoms. The van der Waals surface area contributed by atoms with Gasteiger partial charge in [-0.25, -0.2) is 5.10 Å². The fraction of sp³-hybridized carbons (Fsp3) is 0.278. The van der Waals surface area contributed by atoms with Gasteiger partial charge in [0.25, 0.3) is 5.56 Å². The zero-order chi connectivity index (χ0) is 15.8. The molecule has 5 heteroatoms. The highest BCUT2D eigenvalue weighted by molar-refractivity contribution is 5.93. The second kappa shape index (κ2) is 5.50. The minimum Gasteiger partial charge on any atom is -0.326 e. The lowest BCUT2D eigenvalue weighted by Gasteiger charge is -2.17. The van der Waals surface area contributed by atoms with Crippen molar-refractivity contribution in [2.75, 3.05) is 5.32 Å².